The molecule has 1 aromatic rings. The largest absolute Gasteiger partial charge is 0.370 e. The first-order chi connectivity index (χ1) is 7.38. The van der Waals surface area contributed by atoms with Crippen molar-refractivity contribution in [1.29, 1.82) is 0 Å². The molecule has 1 aliphatic carbocycles. The zero-order valence-corrected chi connectivity index (χ0v) is 8.74. The molecule has 5 nitrogen and oxygen atoms in total. The van der Waals surface area contributed by atoms with Crippen molar-refractivity contribution in [1.82, 2.24) is 9.97 Å². The summed E-state index contributed by atoms with van der Waals surface area (Å²) in [5, 5.41) is 3.27. The van der Waals surface area contributed by atoms with Gasteiger partial charge in [-0.1, -0.05) is 19.3 Å². The van der Waals surface area contributed by atoms with Crippen LogP contribution in [0, 0.1) is 5.92 Å². The van der Waals surface area contributed by atoms with Gasteiger partial charge < -0.3 is 10.7 Å². The maximum Gasteiger partial charge on any atom is 0.145 e. The highest BCUT2D eigenvalue weighted by Crippen LogP contribution is 2.29. The van der Waals surface area contributed by atoms with Gasteiger partial charge in [0.05, 0.1) is 0 Å². The van der Waals surface area contributed by atoms with E-state index in [-0.39, 0.29) is 0 Å². The quantitative estimate of drug-likeness (QED) is 0.502. The summed E-state index contributed by atoms with van der Waals surface area (Å²) in [7, 11) is 0. The van der Waals surface area contributed by atoms with Gasteiger partial charge in [-0.15, -0.1) is 0 Å². The molecule has 0 aromatic carbocycles. The molecule has 0 spiro atoms. The van der Waals surface area contributed by atoms with E-state index in [0.717, 1.165) is 18.3 Å². The molecule has 0 atom stereocenters. The van der Waals surface area contributed by atoms with Crippen LogP contribution in [0.25, 0.3) is 0 Å². The summed E-state index contributed by atoms with van der Waals surface area (Å²) in [6.07, 6.45) is 6.91. The Hall–Kier alpha value is -1.36. The van der Waals surface area contributed by atoms with E-state index in [1.165, 1.54) is 32.0 Å². The van der Waals surface area contributed by atoms with Crippen LogP contribution < -0.4 is 16.6 Å². The van der Waals surface area contributed by atoms with Crippen LogP contribution in [0.5, 0.6) is 0 Å². The Morgan fingerprint density at radius 2 is 2.13 bits per heavy atom. The highest BCUT2D eigenvalue weighted by Gasteiger charge is 2.16. The number of hydrazine groups is 1. The van der Waals surface area contributed by atoms with E-state index in [9.17, 15) is 0 Å². The fourth-order valence-electron chi connectivity index (χ4n) is 1.72. The third-order valence-electron chi connectivity index (χ3n) is 2.90. The first-order valence-corrected chi connectivity index (χ1v) is 5.41. The van der Waals surface area contributed by atoms with Crippen LogP contribution in [0.3, 0.4) is 0 Å². The predicted octanol–water partition coefficient (Wildman–Crippen LogP) is 1.36. The minimum atomic E-state index is 0.635. The van der Waals surface area contributed by atoms with Gasteiger partial charge in [0.1, 0.15) is 18.0 Å². The summed E-state index contributed by atoms with van der Waals surface area (Å²) in [6.45, 7) is 0.978. The third kappa shape index (κ3) is 2.79. The minimum absolute atomic E-state index is 0.635. The smallest absolute Gasteiger partial charge is 0.145 e. The van der Waals surface area contributed by atoms with Gasteiger partial charge in [0.25, 0.3) is 0 Å². The summed E-state index contributed by atoms with van der Waals surface area (Å²) >= 11 is 0. The van der Waals surface area contributed by atoms with Gasteiger partial charge in [-0.05, 0) is 12.3 Å². The number of nitrogen functional groups attached to an aromatic ring is 1. The van der Waals surface area contributed by atoms with Gasteiger partial charge in [0, 0.05) is 12.6 Å². The Kier molecular flexibility index (Phi) is 3.34. The van der Waals surface area contributed by atoms with Crippen molar-refractivity contribution in [2.75, 3.05) is 17.3 Å². The monoisotopic (exact) mass is 207 g/mol. The first kappa shape index (κ1) is 10.2. The van der Waals surface area contributed by atoms with E-state index in [0.29, 0.717) is 5.82 Å². The van der Waals surface area contributed by atoms with Crippen LogP contribution in [-0.4, -0.2) is 16.5 Å². The number of nitrogens with zero attached hydrogens (tertiary/aromatic N) is 2. The molecule has 2 rings (SSSR count). The van der Waals surface area contributed by atoms with Gasteiger partial charge >= 0.3 is 0 Å². The number of hydrogen-bond donors (Lipinski definition) is 3. The van der Waals surface area contributed by atoms with Crippen LogP contribution in [0.2, 0.25) is 0 Å². The van der Waals surface area contributed by atoms with Crippen molar-refractivity contribution >= 4 is 11.6 Å². The number of aromatic nitrogens is 2. The molecular formula is C10H17N5. The van der Waals surface area contributed by atoms with E-state index in [1.807, 2.05) is 0 Å². The van der Waals surface area contributed by atoms with Crippen molar-refractivity contribution in [2.45, 2.75) is 25.7 Å². The molecule has 0 bridgehead atoms. The summed E-state index contributed by atoms with van der Waals surface area (Å²) in [5.74, 6) is 7.65. The Balaban J connectivity index is 1.76. The molecule has 1 aliphatic rings. The molecule has 0 amide bonds. The molecule has 15 heavy (non-hydrogen) atoms. The molecule has 0 unspecified atom stereocenters. The van der Waals surface area contributed by atoms with Crippen molar-refractivity contribution in [3.05, 3.63) is 12.4 Å². The molecule has 1 saturated carbocycles. The lowest BCUT2D eigenvalue weighted by molar-refractivity contribution is 0.303. The second kappa shape index (κ2) is 4.93. The molecule has 5 heteroatoms. The normalized spacial score (nSPS) is 15.8. The molecule has 0 saturated heterocycles. The zero-order chi connectivity index (χ0) is 10.5. The molecule has 0 radical (unpaired) electrons. The number of nitrogens with one attached hydrogen (secondary N) is 2. The van der Waals surface area contributed by atoms with Crippen LogP contribution in [0.4, 0.5) is 11.6 Å². The van der Waals surface area contributed by atoms with Crippen molar-refractivity contribution in [2.24, 2.45) is 11.8 Å². The lowest BCUT2D eigenvalue weighted by Crippen LogP contribution is -2.16. The Morgan fingerprint density at radius 1 is 1.33 bits per heavy atom. The standard InChI is InChI=1S/C10H17N5/c11-15-10-6-9(13-7-14-10)12-5-4-8-2-1-3-8/h6-8H,1-5,11H2,(H2,12,13,14,15). The molecule has 0 aliphatic heterocycles. The Labute approximate surface area is 89.5 Å². The van der Waals surface area contributed by atoms with Crippen LogP contribution >= 0.6 is 0 Å². The summed E-state index contributed by atoms with van der Waals surface area (Å²) in [6, 6.07) is 1.81. The Morgan fingerprint density at radius 3 is 2.80 bits per heavy atom. The lowest BCUT2D eigenvalue weighted by atomic mass is 9.83. The lowest BCUT2D eigenvalue weighted by Gasteiger charge is -2.25. The maximum atomic E-state index is 5.26. The van der Waals surface area contributed by atoms with Crippen LogP contribution in [0.1, 0.15) is 25.7 Å². The summed E-state index contributed by atoms with van der Waals surface area (Å²) in [4.78, 5) is 8.05. The average Bonchev–Trinajstić information content (AvgIpc) is 2.22. The molecule has 82 valence electrons. The number of nitrogens with two attached hydrogens (primary N) is 1. The maximum absolute atomic E-state index is 5.26. The second-order valence-electron chi connectivity index (χ2n) is 3.95. The van der Waals surface area contributed by atoms with E-state index in [1.54, 1.807) is 6.07 Å². The van der Waals surface area contributed by atoms with Gasteiger partial charge in [0.2, 0.25) is 0 Å². The topological polar surface area (TPSA) is 75.9 Å². The predicted molar refractivity (Wildman–Crippen MR) is 60.3 cm³/mol. The highest BCUT2D eigenvalue weighted by atomic mass is 15.3. The number of rotatable bonds is 5. The molecule has 4 N–H and O–H groups in total. The molecular weight excluding hydrogens is 190 g/mol. The van der Waals surface area contributed by atoms with Crippen molar-refractivity contribution in [3.8, 4) is 0 Å². The fourth-order valence-corrected chi connectivity index (χ4v) is 1.72. The first-order valence-electron chi connectivity index (χ1n) is 5.41. The van der Waals surface area contributed by atoms with Gasteiger partial charge in [-0.3, -0.25) is 0 Å². The number of hydrogen-bond acceptors (Lipinski definition) is 5. The zero-order valence-electron chi connectivity index (χ0n) is 8.74. The number of anilines is 2. The molecule has 1 aromatic heterocycles. The third-order valence-corrected chi connectivity index (χ3v) is 2.90. The summed E-state index contributed by atoms with van der Waals surface area (Å²) in [5.41, 5.74) is 2.50. The fraction of sp³-hybridized carbons (Fsp3) is 0.600. The van der Waals surface area contributed by atoms with E-state index in [4.69, 9.17) is 5.84 Å². The Bertz CT molecular complexity index is 310. The van der Waals surface area contributed by atoms with Gasteiger partial charge in [-0.25, -0.2) is 15.8 Å². The van der Waals surface area contributed by atoms with Crippen molar-refractivity contribution in [3.63, 3.8) is 0 Å². The van der Waals surface area contributed by atoms with Crippen LogP contribution in [0.15, 0.2) is 12.4 Å². The molecule has 1 heterocycles. The van der Waals surface area contributed by atoms with Gasteiger partial charge in [-0.2, -0.15) is 0 Å². The molecule has 1 fully saturated rings. The second-order valence-corrected chi connectivity index (χ2v) is 3.95. The average molecular weight is 207 g/mol. The SMILES string of the molecule is NNc1cc(NCCC2CCC2)ncn1. The van der Waals surface area contributed by atoms with Gasteiger partial charge in [0.15, 0.2) is 0 Å². The van der Waals surface area contributed by atoms with Crippen molar-refractivity contribution < 1.29 is 0 Å². The van der Waals surface area contributed by atoms with Crippen LogP contribution in [-0.2, 0) is 0 Å². The highest BCUT2D eigenvalue weighted by molar-refractivity contribution is 5.45. The van der Waals surface area contributed by atoms with E-state index < -0.39 is 0 Å². The van der Waals surface area contributed by atoms with E-state index >= 15 is 0 Å². The summed E-state index contributed by atoms with van der Waals surface area (Å²) < 4.78 is 0. The van der Waals surface area contributed by atoms with E-state index in [2.05, 4.69) is 20.7 Å². The minimum Gasteiger partial charge on any atom is -0.370 e.